The summed E-state index contributed by atoms with van der Waals surface area (Å²) < 4.78 is 15.9. The standard InChI is InChI=1S/C24H28N6O5S/c1-33-18-12-16(13-19(34-2)22(18)35-3)26-21(31)14-17-15-36-23(27-17)28-24(32)30-10-8-29(9-11-30)20-6-4-5-7-25-20/h4-7,12-13,15H,8-11,14H2,1-3H3,(H,26,31)(H,27,28,32). The number of hydrogen-bond acceptors (Lipinski definition) is 9. The summed E-state index contributed by atoms with van der Waals surface area (Å²) in [5.74, 6) is 1.96. The molecule has 0 radical (unpaired) electrons. The van der Waals surface area contributed by atoms with E-state index in [4.69, 9.17) is 14.2 Å². The van der Waals surface area contributed by atoms with Crippen LogP contribution in [-0.2, 0) is 11.2 Å². The van der Waals surface area contributed by atoms with E-state index in [0.717, 1.165) is 5.82 Å². The number of ether oxygens (including phenoxy) is 3. The third-order valence-electron chi connectivity index (χ3n) is 5.60. The van der Waals surface area contributed by atoms with Crippen molar-refractivity contribution in [2.45, 2.75) is 6.42 Å². The van der Waals surface area contributed by atoms with E-state index in [1.54, 1.807) is 28.6 Å². The first-order chi connectivity index (χ1) is 17.5. The van der Waals surface area contributed by atoms with Crippen LogP contribution >= 0.6 is 11.3 Å². The highest BCUT2D eigenvalue weighted by Gasteiger charge is 2.23. The van der Waals surface area contributed by atoms with Crippen LogP contribution in [0.5, 0.6) is 17.2 Å². The number of thiazole rings is 1. The number of nitrogens with one attached hydrogen (secondary N) is 2. The van der Waals surface area contributed by atoms with Crippen molar-refractivity contribution in [3.63, 3.8) is 0 Å². The fourth-order valence-electron chi connectivity index (χ4n) is 3.82. The molecule has 0 atom stereocenters. The van der Waals surface area contributed by atoms with Gasteiger partial charge in [0.25, 0.3) is 0 Å². The van der Waals surface area contributed by atoms with E-state index in [9.17, 15) is 9.59 Å². The predicted octanol–water partition coefficient (Wildman–Crippen LogP) is 3.10. The zero-order chi connectivity index (χ0) is 25.5. The largest absolute Gasteiger partial charge is 0.493 e. The molecule has 190 valence electrons. The van der Waals surface area contributed by atoms with Gasteiger partial charge in [0, 0.05) is 55.6 Å². The van der Waals surface area contributed by atoms with Crippen LogP contribution in [0, 0.1) is 0 Å². The molecule has 3 amide bonds. The topological polar surface area (TPSA) is 118 Å². The van der Waals surface area contributed by atoms with Crippen molar-refractivity contribution >= 4 is 39.9 Å². The number of methoxy groups -OCH3 is 3. The van der Waals surface area contributed by atoms with Gasteiger partial charge in [-0.25, -0.2) is 14.8 Å². The number of benzene rings is 1. The number of piperazine rings is 1. The van der Waals surface area contributed by atoms with Crippen LogP contribution in [0.1, 0.15) is 5.69 Å². The number of carbonyl (C=O) groups excluding carboxylic acids is 2. The monoisotopic (exact) mass is 512 g/mol. The van der Waals surface area contributed by atoms with Crippen molar-refractivity contribution in [2.24, 2.45) is 0 Å². The van der Waals surface area contributed by atoms with Gasteiger partial charge in [0.2, 0.25) is 11.7 Å². The zero-order valence-corrected chi connectivity index (χ0v) is 21.1. The Morgan fingerprint density at radius 1 is 1.00 bits per heavy atom. The van der Waals surface area contributed by atoms with E-state index in [1.807, 2.05) is 18.2 Å². The molecule has 0 bridgehead atoms. The molecule has 11 nitrogen and oxygen atoms in total. The Morgan fingerprint density at radius 2 is 1.72 bits per heavy atom. The number of anilines is 3. The van der Waals surface area contributed by atoms with E-state index in [2.05, 4.69) is 25.5 Å². The van der Waals surface area contributed by atoms with Crippen molar-refractivity contribution in [1.29, 1.82) is 0 Å². The van der Waals surface area contributed by atoms with Crippen LogP contribution in [0.15, 0.2) is 41.9 Å². The van der Waals surface area contributed by atoms with Gasteiger partial charge in [-0.3, -0.25) is 10.1 Å². The molecule has 1 saturated heterocycles. The summed E-state index contributed by atoms with van der Waals surface area (Å²) in [7, 11) is 4.53. The minimum Gasteiger partial charge on any atom is -0.493 e. The molecule has 1 fully saturated rings. The first-order valence-corrected chi connectivity index (χ1v) is 12.1. The van der Waals surface area contributed by atoms with Crippen LogP contribution in [0.2, 0.25) is 0 Å². The van der Waals surface area contributed by atoms with Gasteiger partial charge < -0.3 is 29.3 Å². The van der Waals surface area contributed by atoms with Crippen molar-refractivity contribution in [2.75, 3.05) is 63.0 Å². The normalized spacial score (nSPS) is 13.2. The average Bonchev–Trinajstić information content (AvgIpc) is 3.34. The van der Waals surface area contributed by atoms with Crippen LogP contribution in [0.4, 0.5) is 21.4 Å². The quantitative estimate of drug-likeness (QED) is 0.473. The Hall–Kier alpha value is -4.06. The summed E-state index contributed by atoms with van der Waals surface area (Å²) in [6.07, 6.45) is 1.81. The van der Waals surface area contributed by atoms with Gasteiger partial charge in [0.15, 0.2) is 16.6 Å². The first-order valence-electron chi connectivity index (χ1n) is 11.3. The van der Waals surface area contributed by atoms with Gasteiger partial charge in [-0.15, -0.1) is 11.3 Å². The Labute approximate surface area is 213 Å². The van der Waals surface area contributed by atoms with Gasteiger partial charge in [0.05, 0.1) is 33.4 Å². The molecule has 1 aliphatic rings. The van der Waals surface area contributed by atoms with Crippen LogP contribution in [0.25, 0.3) is 0 Å². The number of hydrogen-bond donors (Lipinski definition) is 2. The van der Waals surface area contributed by atoms with Crippen LogP contribution in [0.3, 0.4) is 0 Å². The molecule has 2 N–H and O–H groups in total. The number of aromatic nitrogens is 2. The third kappa shape index (κ3) is 5.95. The van der Waals surface area contributed by atoms with E-state index >= 15 is 0 Å². The number of carbonyl (C=O) groups is 2. The molecule has 3 heterocycles. The number of urea groups is 1. The molecule has 1 aliphatic heterocycles. The van der Waals surface area contributed by atoms with Gasteiger partial charge in [-0.05, 0) is 12.1 Å². The Morgan fingerprint density at radius 3 is 2.33 bits per heavy atom. The number of rotatable bonds is 8. The van der Waals surface area contributed by atoms with E-state index in [1.165, 1.54) is 32.7 Å². The predicted molar refractivity (Wildman–Crippen MR) is 138 cm³/mol. The third-order valence-corrected chi connectivity index (χ3v) is 6.40. The van der Waals surface area contributed by atoms with Gasteiger partial charge >= 0.3 is 6.03 Å². The second-order valence-corrected chi connectivity index (χ2v) is 8.73. The molecular formula is C24H28N6O5S. The maximum Gasteiger partial charge on any atom is 0.323 e. The summed E-state index contributed by atoms with van der Waals surface area (Å²) in [6, 6.07) is 8.89. The lowest BCUT2D eigenvalue weighted by Gasteiger charge is -2.35. The first kappa shape index (κ1) is 25.0. The second kappa shape index (κ2) is 11.6. The lowest BCUT2D eigenvalue weighted by Crippen LogP contribution is -2.50. The fourth-order valence-corrected chi connectivity index (χ4v) is 4.52. The Kier molecular flexibility index (Phi) is 8.06. The van der Waals surface area contributed by atoms with E-state index in [0.29, 0.717) is 59.9 Å². The summed E-state index contributed by atoms with van der Waals surface area (Å²) in [5.41, 5.74) is 1.06. The van der Waals surface area contributed by atoms with E-state index in [-0.39, 0.29) is 18.4 Å². The minimum atomic E-state index is -0.266. The van der Waals surface area contributed by atoms with Crippen molar-refractivity contribution in [3.8, 4) is 17.2 Å². The summed E-state index contributed by atoms with van der Waals surface area (Å²) in [4.78, 5) is 37.9. The zero-order valence-electron chi connectivity index (χ0n) is 20.3. The molecule has 0 aliphatic carbocycles. The molecule has 0 spiro atoms. The molecule has 12 heteroatoms. The van der Waals surface area contributed by atoms with E-state index < -0.39 is 0 Å². The fraction of sp³-hybridized carbons (Fsp3) is 0.333. The number of nitrogens with zero attached hydrogens (tertiary/aromatic N) is 4. The van der Waals surface area contributed by atoms with Gasteiger partial charge in [0.1, 0.15) is 5.82 Å². The smallest absolute Gasteiger partial charge is 0.323 e. The lowest BCUT2D eigenvalue weighted by atomic mass is 10.2. The van der Waals surface area contributed by atoms with Gasteiger partial charge in [-0.2, -0.15) is 0 Å². The molecule has 36 heavy (non-hydrogen) atoms. The van der Waals surface area contributed by atoms with Gasteiger partial charge in [-0.1, -0.05) is 6.07 Å². The Balaban J connectivity index is 1.29. The molecule has 1 aromatic carbocycles. The maximum atomic E-state index is 12.7. The molecular weight excluding hydrogens is 484 g/mol. The highest BCUT2D eigenvalue weighted by Crippen LogP contribution is 2.40. The summed E-state index contributed by atoms with van der Waals surface area (Å²) >= 11 is 1.28. The summed E-state index contributed by atoms with van der Waals surface area (Å²) in [6.45, 7) is 2.57. The van der Waals surface area contributed by atoms with Crippen molar-refractivity contribution in [1.82, 2.24) is 14.9 Å². The van der Waals surface area contributed by atoms with Crippen LogP contribution in [-0.4, -0.2) is 74.3 Å². The summed E-state index contributed by atoms with van der Waals surface area (Å²) in [5, 5.41) is 7.85. The highest BCUT2D eigenvalue weighted by atomic mass is 32.1. The molecule has 0 saturated carbocycles. The second-order valence-electron chi connectivity index (χ2n) is 7.88. The van der Waals surface area contributed by atoms with Crippen LogP contribution < -0.4 is 29.7 Å². The number of pyridine rings is 1. The molecule has 2 aromatic heterocycles. The molecule has 0 unspecified atom stereocenters. The number of amides is 3. The Bertz CT molecular complexity index is 1170. The van der Waals surface area contributed by atoms with Crippen molar-refractivity contribution < 1.29 is 23.8 Å². The van der Waals surface area contributed by atoms with Crippen molar-refractivity contribution in [3.05, 3.63) is 47.6 Å². The minimum absolute atomic E-state index is 0.0474. The molecule has 3 aromatic rings. The SMILES string of the molecule is COc1cc(NC(=O)Cc2csc(NC(=O)N3CCN(c4ccccn4)CC3)n2)cc(OC)c1OC. The maximum absolute atomic E-state index is 12.7. The molecule has 4 rings (SSSR count). The highest BCUT2D eigenvalue weighted by molar-refractivity contribution is 7.13. The average molecular weight is 513 g/mol. The lowest BCUT2D eigenvalue weighted by molar-refractivity contribution is -0.115.